The maximum atomic E-state index is 13.4. The van der Waals surface area contributed by atoms with Crippen LogP contribution in [0.15, 0.2) is 18.2 Å². The minimum Gasteiger partial charge on any atom is -0.370 e. The molecule has 0 unspecified atom stereocenters. The highest BCUT2D eigenvalue weighted by atomic mass is 19.1. The third kappa shape index (κ3) is 2.87. The average molecular weight is 307 g/mol. The molecule has 2 radical (unpaired) electrons. The average Bonchev–Trinajstić information content (AvgIpc) is 3.13. The SMILES string of the molecule is [B]C(=O)N1[C@@H](Cc2cc(F)cc(F)c2)[C@H]([C@H]2CO2)OC1(C)C. The van der Waals surface area contributed by atoms with Crippen LogP contribution in [-0.2, 0) is 15.9 Å². The highest BCUT2D eigenvalue weighted by Crippen LogP contribution is 2.38. The van der Waals surface area contributed by atoms with Crippen LogP contribution in [0.2, 0.25) is 0 Å². The second-order valence-electron chi connectivity index (χ2n) is 6.16. The second-order valence-corrected chi connectivity index (χ2v) is 6.16. The summed E-state index contributed by atoms with van der Waals surface area (Å²) in [6.07, 6.45) is -0.244. The van der Waals surface area contributed by atoms with E-state index >= 15 is 0 Å². The minimum atomic E-state index is -0.890. The van der Waals surface area contributed by atoms with Gasteiger partial charge in [0.2, 0.25) is 7.85 Å². The van der Waals surface area contributed by atoms with Crippen molar-refractivity contribution < 1.29 is 23.0 Å². The van der Waals surface area contributed by atoms with E-state index in [1.807, 2.05) is 0 Å². The van der Waals surface area contributed by atoms with Gasteiger partial charge in [-0.1, -0.05) is 0 Å². The van der Waals surface area contributed by atoms with Crippen molar-refractivity contribution in [3.8, 4) is 0 Å². The first-order chi connectivity index (χ1) is 10.3. The fourth-order valence-electron chi connectivity index (χ4n) is 3.19. The Morgan fingerprint density at radius 1 is 1.36 bits per heavy atom. The van der Waals surface area contributed by atoms with Crippen LogP contribution in [0.3, 0.4) is 0 Å². The highest BCUT2D eigenvalue weighted by Gasteiger charge is 2.54. The molecule has 0 spiro atoms. The lowest BCUT2D eigenvalue weighted by Gasteiger charge is -2.33. The molecular formula is C15H16BF2NO3. The Kier molecular flexibility index (Phi) is 3.73. The summed E-state index contributed by atoms with van der Waals surface area (Å²) in [7, 11) is 5.48. The molecule has 3 atom stereocenters. The van der Waals surface area contributed by atoms with E-state index in [2.05, 4.69) is 0 Å². The number of hydrogen-bond acceptors (Lipinski definition) is 3. The zero-order chi connectivity index (χ0) is 16.1. The maximum Gasteiger partial charge on any atom is 0.200 e. The number of rotatable bonds is 3. The third-order valence-electron chi connectivity index (χ3n) is 4.05. The summed E-state index contributed by atoms with van der Waals surface area (Å²) in [4.78, 5) is 13.2. The number of nitrogens with zero attached hydrogens (tertiary/aromatic N) is 1. The topological polar surface area (TPSA) is 42.1 Å². The van der Waals surface area contributed by atoms with Crippen molar-refractivity contribution in [2.24, 2.45) is 0 Å². The Hall–Kier alpha value is -1.47. The lowest BCUT2D eigenvalue weighted by molar-refractivity contribution is -0.0637. The quantitative estimate of drug-likeness (QED) is 0.633. The van der Waals surface area contributed by atoms with Gasteiger partial charge in [-0.15, -0.1) is 0 Å². The van der Waals surface area contributed by atoms with E-state index in [4.69, 9.17) is 17.3 Å². The van der Waals surface area contributed by atoms with Gasteiger partial charge in [0.1, 0.15) is 29.6 Å². The van der Waals surface area contributed by atoms with Crippen molar-refractivity contribution in [2.45, 2.75) is 44.2 Å². The normalized spacial score (nSPS) is 29.6. The summed E-state index contributed by atoms with van der Waals surface area (Å²) in [6.45, 7) is 4.01. The Morgan fingerprint density at radius 2 is 1.95 bits per heavy atom. The largest absolute Gasteiger partial charge is 0.370 e. The van der Waals surface area contributed by atoms with Gasteiger partial charge >= 0.3 is 0 Å². The Balaban J connectivity index is 1.91. The van der Waals surface area contributed by atoms with Crippen LogP contribution >= 0.6 is 0 Å². The van der Waals surface area contributed by atoms with Gasteiger partial charge in [-0.25, -0.2) is 8.78 Å². The van der Waals surface area contributed by atoms with E-state index in [9.17, 15) is 13.6 Å². The van der Waals surface area contributed by atoms with Gasteiger partial charge in [0.05, 0.1) is 12.6 Å². The van der Waals surface area contributed by atoms with Crippen molar-refractivity contribution in [1.82, 2.24) is 4.90 Å². The lowest BCUT2D eigenvalue weighted by Crippen LogP contribution is -2.49. The lowest BCUT2D eigenvalue weighted by atomic mass is 9.95. The first-order valence-corrected chi connectivity index (χ1v) is 7.11. The zero-order valence-corrected chi connectivity index (χ0v) is 12.4. The zero-order valence-electron chi connectivity index (χ0n) is 12.4. The van der Waals surface area contributed by atoms with Gasteiger partial charge in [0.15, 0.2) is 5.81 Å². The molecule has 0 aliphatic carbocycles. The number of benzene rings is 1. The molecule has 1 amide bonds. The molecule has 2 aliphatic rings. The van der Waals surface area contributed by atoms with Crippen LogP contribution in [-0.4, -0.2) is 49.1 Å². The molecule has 1 aromatic carbocycles. The summed E-state index contributed by atoms with van der Waals surface area (Å²) in [6, 6.07) is 2.88. The molecule has 2 fully saturated rings. The van der Waals surface area contributed by atoms with Gasteiger partial charge in [0, 0.05) is 6.07 Å². The smallest absolute Gasteiger partial charge is 0.200 e. The number of carbonyl (C=O) groups is 1. The molecule has 4 nitrogen and oxygen atoms in total. The van der Waals surface area contributed by atoms with Gasteiger partial charge in [0.25, 0.3) is 0 Å². The Labute approximate surface area is 128 Å². The first kappa shape index (κ1) is 15.4. The Bertz CT molecular complexity index is 586. The van der Waals surface area contributed by atoms with Crippen LogP contribution in [0.25, 0.3) is 0 Å². The number of hydrogen-bond donors (Lipinski definition) is 0. The van der Waals surface area contributed by atoms with Crippen molar-refractivity contribution in [3.05, 3.63) is 35.4 Å². The predicted molar refractivity (Wildman–Crippen MR) is 75.5 cm³/mol. The molecule has 0 N–H and O–H groups in total. The number of ether oxygens (including phenoxy) is 2. The maximum absolute atomic E-state index is 13.4. The number of epoxide rings is 1. The molecule has 0 saturated carbocycles. The van der Waals surface area contributed by atoms with Crippen LogP contribution in [0.4, 0.5) is 13.6 Å². The van der Waals surface area contributed by atoms with Gasteiger partial charge < -0.3 is 14.4 Å². The van der Waals surface area contributed by atoms with Crippen molar-refractivity contribution >= 4 is 13.7 Å². The summed E-state index contributed by atoms with van der Waals surface area (Å²) in [5, 5.41) is 0. The molecule has 3 rings (SSSR count). The van der Waals surface area contributed by atoms with E-state index in [-0.39, 0.29) is 18.6 Å². The molecule has 2 heterocycles. The van der Waals surface area contributed by atoms with Crippen molar-refractivity contribution in [1.29, 1.82) is 0 Å². The standard InChI is InChI=1S/C15H16BF2NO3/c1-15(2)19(14(16)20)11(13(22-15)12-7-21-12)5-8-3-9(17)6-10(18)4-8/h3-4,6,11-13H,5,7H2,1-2H3/t11-,12+,13+/m0/s1. The van der Waals surface area contributed by atoms with Crippen molar-refractivity contribution in [2.75, 3.05) is 6.61 Å². The van der Waals surface area contributed by atoms with Crippen LogP contribution in [0.5, 0.6) is 0 Å². The predicted octanol–water partition coefficient (Wildman–Crippen LogP) is 2.00. The molecule has 22 heavy (non-hydrogen) atoms. The molecule has 7 heteroatoms. The van der Waals surface area contributed by atoms with Crippen LogP contribution in [0, 0.1) is 11.6 Å². The first-order valence-electron chi connectivity index (χ1n) is 7.11. The molecule has 2 saturated heterocycles. The molecule has 0 bridgehead atoms. The fourth-order valence-corrected chi connectivity index (χ4v) is 3.19. The van der Waals surface area contributed by atoms with Gasteiger partial charge in [-0.2, -0.15) is 0 Å². The summed E-state index contributed by atoms with van der Waals surface area (Å²) < 4.78 is 37.9. The number of halogens is 2. The monoisotopic (exact) mass is 307 g/mol. The fraction of sp³-hybridized carbons (Fsp3) is 0.533. The van der Waals surface area contributed by atoms with Crippen molar-refractivity contribution in [3.63, 3.8) is 0 Å². The molecule has 2 aliphatic heterocycles. The van der Waals surface area contributed by atoms with E-state index in [1.54, 1.807) is 13.8 Å². The minimum absolute atomic E-state index is 0.118. The van der Waals surface area contributed by atoms with Crippen LogP contribution < -0.4 is 0 Å². The number of carbonyl (C=O) groups excluding carboxylic acids is 1. The van der Waals surface area contributed by atoms with E-state index in [0.717, 1.165) is 6.07 Å². The molecular weight excluding hydrogens is 291 g/mol. The highest BCUT2D eigenvalue weighted by molar-refractivity contribution is 6.57. The van der Waals surface area contributed by atoms with E-state index < -0.39 is 29.2 Å². The van der Waals surface area contributed by atoms with Crippen LogP contribution in [0.1, 0.15) is 19.4 Å². The van der Waals surface area contributed by atoms with Gasteiger partial charge in [-0.05, 0) is 38.0 Å². The summed E-state index contributed by atoms with van der Waals surface area (Å²) in [5.74, 6) is -1.94. The Morgan fingerprint density at radius 3 is 2.45 bits per heavy atom. The van der Waals surface area contributed by atoms with Gasteiger partial charge in [-0.3, -0.25) is 4.79 Å². The molecule has 0 aromatic heterocycles. The summed E-state index contributed by atoms with van der Waals surface area (Å²) in [5.41, 5.74) is -0.445. The number of amides is 1. The molecule has 116 valence electrons. The second kappa shape index (κ2) is 5.31. The summed E-state index contributed by atoms with van der Waals surface area (Å²) >= 11 is 0. The van der Waals surface area contributed by atoms with E-state index in [0.29, 0.717) is 12.2 Å². The third-order valence-corrected chi connectivity index (χ3v) is 4.05. The van der Waals surface area contributed by atoms with E-state index in [1.165, 1.54) is 17.0 Å². The molecule has 1 aromatic rings.